The predicted octanol–water partition coefficient (Wildman–Crippen LogP) is 5.55. The van der Waals surface area contributed by atoms with Gasteiger partial charge in [-0.3, -0.25) is 9.48 Å². The Morgan fingerprint density at radius 3 is 2.58 bits per heavy atom. The maximum atomic E-state index is 13.1. The van der Waals surface area contributed by atoms with Crippen molar-refractivity contribution in [2.75, 3.05) is 5.32 Å². The summed E-state index contributed by atoms with van der Waals surface area (Å²) in [7, 11) is 0. The molecular weight excluding hydrogens is 433 g/mol. The molecule has 0 aliphatic heterocycles. The lowest BCUT2D eigenvalue weighted by Crippen LogP contribution is -2.14. The summed E-state index contributed by atoms with van der Waals surface area (Å²) < 4.78 is 3.62. The van der Waals surface area contributed by atoms with Crippen molar-refractivity contribution in [1.82, 2.24) is 19.6 Å². The molecule has 0 unspecified atom stereocenters. The molecule has 1 aliphatic rings. The highest BCUT2D eigenvalue weighted by Gasteiger charge is 2.33. The molecule has 1 fully saturated rings. The maximum Gasteiger partial charge on any atom is 0.259 e. The number of amides is 1. The topological polar surface area (TPSA) is 64.7 Å². The predicted molar refractivity (Wildman–Crippen MR) is 121 cm³/mol. The SMILES string of the molecule is O=C(Nc1ccc(Cn2cccn2)cc1)c1cnn(-c2ccc(Cl)cc2Cl)c1C1CC1. The quantitative estimate of drug-likeness (QED) is 0.417. The molecule has 0 saturated heterocycles. The Bertz CT molecular complexity index is 1230. The first kappa shape index (κ1) is 19.8. The maximum absolute atomic E-state index is 13.1. The van der Waals surface area contributed by atoms with Crippen LogP contribution in [0.15, 0.2) is 67.1 Å². The minimum atomic E-state index is -0.182. The summed E-state index contributed by atoms with van der Waals surface area (Å²) in [6.07, 6.45) is 7.34. The van der Waals surface area contributed by atoms with Crippen LogP contribution in [0, 0.1) is 0 Å². The lowest BCUT2D eigenvalue weighted by atomic mass is 10.1. The Morgan fingerprint density at radius 2 is 1.90 bits per heavy atom. The Balaban J connectivity index is 1.38. The van der Waals surface area contributed by atoms with Crippen molar-refractivity contribution >= 4 is 34.8 Å². The molecule has 0 bridgehead atoms. The number of anilines is 1. The zero-order valence-electron chi connectivity index (χ0n) is 16.5. The van der Waals surface area contributed by atoms with Gasteiger partial charge in [0.05, 0.1) is 34.7 Å². The van der Waals surface area contributed by atoms with Gasteiger partial charge >= 0.3 is 0 Å². The van der Waals surface area contributed by atoms with Gasteiger partial charge in [-0.1, -0.05) is 35.3 Å². The van der Waals surface area contributed by atoms with Crippen LogP contribution >= 0.6 is 23.2 Å². The molecule has 0 spiro atoms. The van der Waals surface area contributed by atoms with Crippen LogP contribution in [-0.4, -0.2) is 25.5 Å². The molecule has 2 aromatic carbocycles. The highest BCUT2D eigenvalue weighted by atomic mass is 35.5. The van der Waals surface area contributed by atoms with Gasteiger partial charge in [0, 0.05) is 29.0 Å². The van der Waals surface area contributed by atoms with E-state index in [0.717, 1.165) is 35.5 Å². The Kier molecular flexibility index (Phi) is 5.26. The van der Waals surface area contributed by atoms with E-state index in [0.29, 0.717) is 28.1 Å². The molecule has 1 N–H and O–H groups in total. The van der Waals surface area contributed by atoms with Crippen molar-refractivity contribution in [2.24, 2.45) is 0 Å². The first-order valence-electron chi connectivity index (χ1n) is 9.99. The third kappa shape index (κ3) is 4.22. The largest absolute Gasteiger partial charge is 0.322 e. The van der Waals surface area contributed by atoms with Crippen LogP contribution in [0.1, 0.15) is 40.4 Å². The van der Waals surface area contributed by atoms with Gasteiger partial charge in [0.1, 0.15) is 0 Å². The van der Waals surface area contributed by atoms with E-state index in [1.54, 1.807) is 29.2 Å². The Labute approximate surface area is 189 Å². The summed E-state index contributed by atoms with van der Waals surface area (Å²) in [6.45, 7) is 0.682. The molecule has 2 heterocycles. The van der Waals surface area contributed by atoms with Crippen LogP contribution in [0.5, 0.6) is 0 Å². The van der Waals surface area contributed by atoms with Crippen LogP contribution in [0.4, 0.5) is 5.69 Å². The average molecular weight is 452 g/mol. The summed E-state index contributed by atoms with van der Waals surface area (Å²) >= 11 is 12.4. The number of rotatable bonds is 6. The fraction of sp³-hybridized carbons (Fsp3) is 0.174. The van der Waals surface area contributed by atoms with Gasteiger partial charge in [0.2, 0.25) is 0 Å². The standard InChI is InChI=1S/C23H19Cl2N5O/c24-17-6-9-21(20(25)12-17)30-22(16-4-5-16)19(13-27-30)23(31)28-18-7-2-15(3-8-18)14-29-11-1-10-26-29/h1-3,6-13,16H,4-5,14H2,(H,28,31). The second kappa shape index (κ2) is 8.21. The molecule has 1 aliphatic carbocycles. The van der Waals surface area contributed by atoms with E-state index in [2.05, 4.69) is 15.5 Å². The summed E-state index contributed by atoms with van der Waals surface area (Å²) in [5.74, 6) is 0.115. The monoisotopic (exact) mass is 451 g/mol. The molecule has 6 nitrogen and oxygen atoms in total. The van der Waals surface area contributed by atoms with Crippen LogP contribution in [0.25, 0.3) is 5.69 Å². The van der Waals surface area contributed by atoms with Gasteiger partial charge in [0.15, 0.2) is 0 Å². The van der Waals surface area contributed by atoms with Crippen LogP contribution in [0.3, 0.4) is 0 Å². The van der Waals surface area contributed by atoms with Crippen molar-refractivity contribution in [3.05, 3.63) is 94.0 Å². The molecule has 5 rings (SSSR count). The van der Waals surface area contributed by atoms with Gasteiger partial charge < -0.3 is 5.32 Å². The van der Waals surface area contributed by atoms with Crippen molar-refractivity contribution < 1.29 is 4.79 Å². The summed E-state index contributed by atoms with van der Waals surface area (Å²) in [6, 6.07) is 14.9. The molecule has 2 aromatic heterocycles. The Hall–Kier alpha value is -3.09. The number of halogens is 2. The molecule has 8 heteroatoms. The zero-order valence-corrected chi connectivity index (χ0v) is 18.0. The normalized spacial score (nSPS) is 13.4. The first-order chi connectivity index (χ1) is 15.1. The van der Waals surface area contributed by atoms with Crippen LogP contribution < -0.4 is 5.32 Å². The number of hydrogen-bond donors (Lipinski definition) is 1. The number of aromatic nitrogens is 4. The summed E-state index contributed by atoms with van der Waals surface area (Å²) in [5, 5.41) is 12.7. The molecule has 1 amide bonds. The molecule has 4 aromatic rings. The van der Waals surface area contributed by atoms with E-state index < -0.39 is 0 Å². The lowest BCUT2D eigenvalue weighted by Gasteiger charge is -2.11. The van der Waals surface area contributed by atoms with Crippen LogP contribution in [0.2, 0.25) is 10.0 Å². The minimum Gasteiger partial charge on any atom is -0.322 e. The van der Waals surface area contributed by atoms with E-state index in [9.17, 15) is 4.79 Å². The van der Waals surface area contributed by atoms with Crippen molar-refractivity contribution in [1.29, 1.82) is 0 Å². The van der Waals surface area contributed by atoms with Crippen molar-refractivity contribution in [3.63, 3.8) is 0 Å². The van der Waals surface area contributed by atoms with E-state index >= 15 is 0 Å². The highest BCUT2D eigenvalue weighted by molar-refractivity contribution is 6.35. The molecular formula is C23H19Cl2N5O. The molecule has 1 saturated carbocycles. The van der Waals surface area contributed by atoms with E-state index in [1.165, 1.54) is 0 Å². The fourth-order valence-electron chi connectivity index (χ4n) is 3.60. The van der Waals surface area contributed by atoms with E-state index in [4.69, 9.17) is 23.2 Å². The number of carbonyl (C=O) groups is 1. The smallest absolute Gasteiger partial charge is 0.259 e. The van der Waals surface area contributed by atoms with Crippen molar-refractivity contribution in [2.45, 2.75) is 25.3 Å². The number of hydrogen-bond acceptors (Lipinski definition) is 3. The van der Waals surface area contributed by atoms with Gasteiger partial charge in [-0.2, -0.15) is 10.2 Å². The number of benzene rings is 2. The van der Waals surface area contributed by atoms with E-state index in [1.807, 2.05) is 47.3 Å². The van der Waals surface area contributed by atoms with Crippen molar-refractivity contribution in [3.8, 4) is 5.69 Å². The zero-order chi connectivity index (χ0) is 21.4. The van der Waals surface area contributed by atoms with Gasteiger partial charge in [-0.05, 0) is 54.8 Å². The first-order valence-corrected chi connectivity index (χ1v) is 10.7. The van der Waals surface area contributed by atoms with Gasteiger partial charge in [0.25, 0.3) is 5.91 Å². The molecule has 31 heavy (non-hydrogen) atoms. The molecule has 0 atom stereocenters. The average Bonchev–Trinajstić information content (AvgIpc) is 3.28. The fourth-order valence-corrected chi connectivity index (χ4v) is 4.09. The summed E-state index contributed by atoms with van der Waals surface area (Å²) in [4.78, 5) is 13.1. The number of nitrogens with zero attached hydrogens (tertiary/aromatic N) is 4. The highest BCUT2D eigenvalue weighted by Crippen LogP contribution is 2.43. The lowest BCUT2D eigenvalue weighted by molar-refractivity contribution is 0.102. The Morgan fingerprint density at radius 1 is 1.10 bits per heavy atom. The van der Waals surface area contributed by atoms with Crippen LogP contribution in [-0.2, 0) is 6.54 Å². The van der Waals surface area contributed by atoms with Gasteiger partial charge in [-0.15, -0.1) is 0 Å². The third-order valence-corrected chi connectivity index (χ3v) is 5.81. The second-order valence-electron chi connectivity index (χ2n) is 7.58. The molecule has 0 radical (unpaired) electrons. The minimum absolute atomic E-state index is 0.182. The van der Waals surface area contributed by atoms with E-state index in [-0.39, 0.29) is 5.91 Å². The third-order valence-electron chi connectivity index (χ3n) is 5.27. The summed E-state index contributed by atoms with van der Waals surface area (Å²) in [5.41, 5.74) is 4.00. The van der Waals surface area contributed by atoms with Gasteiger partial charge in [-0.25, -0.2) is 4.68 Å². The number of nitrogens with one attached hydrogen (secondary N) is 1. The second-order valence-corrected chi connectivity index (χ2v) is 8.42. The molecule has 156 valence electrons. The number of carbonyl (C=O) groups excluding carboxylic acids is 1.